The van der Waals surface area contributed by atoms with Crippen LogP contribution in [0.3, 0.4) is 0 Å². The van der Waals surface area contributed by atoms with Gasteiger partial charge in [0.1, 0.15) is 28.6 Å². The zero-order chi connectivity index (χ0) is 27.4. The summed E-state index contributed by atoms with van der Waals surface area (Å²) in [4.78, 5) is 28.3. The Bertz CT molecular complexity index is 1360. The molecule has 3 aromatic rings. The van der Waals surface area contributed by atoms with E-state index in [1.165, 1.54) is 25.2 Å². The van der Waals surface area contributed by atoms with Crippen molar-refractivity contribution in [1.29, 1.82) is 0 Å². The lowest BCUT2D eigenvalue weighted by Gasteiger charge is -2.26. The predicted octanol–water partition coefficient (Wildman–Crippen LogP) is 4.83. The van der Waals surface area contributed by atoms with Gasteiger partial charge in [0.2, 0.25) is 0 Å². The fourth-order valence-corrected chi connectivity index (χ4v) is 4.48. The zero-order valence-corrected chi connectivity index (χ0v) is 21.6. The topological polar surface area (TPSA) is 115 Å². The highest BCUT2D eigenvalue weighted by molar-refractivity contribution is 6.51. The van der Waals surface area contributed by atoms with E-state index in [0.717, 1.165) is 0 Å². The number of aliphatic hydroxyl groups excluding tert-OH is 1. The summed E-state index contributed by atoms with van der Waals surface area (Å²) >= 11 is 0. The molecular formula is C29H29NO8. The van der Waals surface area contributed by atoms with Crippen LogP contribution in [-0.2, 0) is 9.59 Å². The predicted molar refractivity (Wildman–Crippen MR) is 141 cm³/mol. The highest BCUT2D eigenvalue weighted by Gasteiger charge is 2.47. The third kappa shape index (κ3) is 4.70. The molecule has 1 aliphatic rings. The minimum Gasteiger partial charge on any atom is -0.506 e. The molecule has 0 spiro atoms. The number of hydrogen-bond donors (Lipinski definition) is 2. The van der Waals surface area contributed by atoms with E-state index in [4.69, 9.17) is 18.9 Å². The van der Waals surface area contributed by atoms with Crippen LogP contribution < -0.4 is 23.8 Å². The van der Waals surface area contributed by atoms with Crippen molar-refractivity contribution in [3.8, 4) is 28.7 Å². The Labute approximate surface area is 220 Å². The summed E-state index contributed by atoms with van der Waals surface area (Å²) in [7, 11) is 2.85. The summed E-state index contributed by atoms with van der Waals surface area (Å²) in [6.07, 6.45) is 0. The number of amides is 1. The van der Waals surface area contributed by atoms with Gasteiger partial charge in [0.05, 0.1) is 39.0 Å². The smallest absolute Gasteiger partial charge is 0.300 e. The minimum absolute atomic E-state index is 0.0972. The van der Waals surface area contributed by atoms with Crippen LogP contribution in [0.5, 0.6) is 28.7 Å². The Morgan fingerprint density at radius 2 is 1.50 bits per heavy atom. The SMILES string of the molecule is CCOc1ccc(N2C(=O)C(=O)/C(=C(/O)c3c(OC)cccc3OC)C2c2ccc(O)c(OCC)c2)cc1. The summed E-state index contributed by atoms with van der Waals surface area (Å²) in [5.74, 6) is -0.978. The molecule has 0 bridgehead atoms. The molecule has 0 saturated carbocycles. The number of Topliss-reactive ketones (excluding diaryl/α,β-unsaturated/α-hetero) is 1. The molecule has 1 aliphatic heterocycles. The first kappa shape index (κ1) is 26.4. The van der Waals surface area contributed by atoms with E-state index in [1.54, 1.807) is 61.5 Å². The highest BCUT2D eigenvalue weighted by atomic mass is 16.5. The molecule has 198 valence electrons. The molecule has 0 aromatic heterocycles. The molecule has 0 radical (unpaired) electrons. The van der Waals surface area contributed by atoms with Crippen LogP contribution >= 0.6 is 0 Å². The van der Waals surface area contributed by atoms with Gasteiger partial charge in [0.25, 0.3) is 11.7 Å². The Morgan fingerprint density at radius 1 is 0.868 bits per heavy atom. The van der Waals surface area contributed by atoms with Crippen LogP contribution in [-0.4, -0.2) is 49.3 Å². The van der Waals surface area contributed by atoms with Gasteiger partial charge in [0, 0.05) is 5.69 Å². The van der Waals surface area contributed by atoms with E-state index in [2.05, 4.69) is 0 Å². The minimum atomic E-state index is -1.05. The standard InChI is InChI=1S/C29H29NO8/c1-5-37-19-13-11-18(12-14-19)30-26(17-10-15-20(31)23(16-17)38-6-2)25(28(33)29(30)34)27(32)24-21(35-3)8-7-9-22(24)36-4/h7-16,26,31-32H,5-6H2,1-4H3/b27-25+. The molecule has 1 amide bonds. The monoisotopic (exact) mass is 519 g/mol. The molecule has 1 atom stereocenters. The number of ketones is 1. The maximum absolute atomic E-state index is 13.5. The van der Waals surface area contributed by atoms with Gasteiger partial charge in [-0.1, -0.05) is 12.1 Å². The third-order valence-corrected chi connectivity index (χ3v) is 6.13. The Morgan fingerprint density at radius 3 is 2.08 bits per heavy atom. The number of phenols is 1. The van der Waals surface area contributed by atoms with Gasteiger partial charge in [-0.15, -0.1) is 0 Å². The van der Waals surface area contributed by atoms with Crippen LogP contribution in [0.25, 0.3) is 5.76 Å². The van der Waals surface area contributed by atoms with Crippen molar-refractivity contribution in [2.75, 3.05) is 32.3 Å². The summed E-state index contributed by atoms with van der Waals surface area (Å²) < 4.78 is 21.9. The van der Waals surface area contributed by atoms with Crippen LogP contribution in [0.2, 0.25) is 0 Å². The van der Waals surface area contributed by atoms with Crippen molar-refractivity contribution >= 4 is 23.1 Å². The number of nitrogens with zero attached hydrogens (tertiary/aromatic N) is 1. The quantitative estimate of drug-likeness (QED) is 0.235. The summed E-state index contributed by atoms with van der Waals surface area (Å²) in [5.41, 5.74) is 0.822. The molecule has 1 heterocycles. The molecule has 9 heteroatoms. The molecule has 38 heavy (non-hydrogen) atoms. The van der Waals surface area contributed by atoms with Crippen molar-refractivity contribution in [2.45, 2.75) is 19.9 Å². The van der Waals surface area contributed by atoms with Gasteiger partial charge in [0.15, 0.2) is 11.5 Å². The van der Waals surface area contributed by atoms with Gasteiger partial charge >= 0.3 is 0 Å². The Hall–Kier alpha value is -4.66. The van der Waals surface area contributed by atoms with E-state index in [9.17, 15) is 19.8 Å². The van der Waals surface area contributed by atoms with Crippen molar-refractivity contribution in [2.24, 2.45) is 0 Å². The van der Waals surface area contributed by atoms with Crippen LogP contribution in [0.4, 0.5) is 5.69 Å². The van der Waals surface area contributed by atoms with Gasteiger partial charge in [-0.3, -0.25) is 14.5 Å². The van der Waals surface area contributed by atoms with Gasteiger partial charge in [-0.25, -0.2) is 0 Å². The van der Waals surface area contributed by atoms with Crippen molar-refractivity contribution in [3.05, 3.63) is 77.4 Å². The number of anilines is 1. The van der Waals surface area contributed by atoms with Crippen molar-refractivity contribution in [3.63, 3.8) is 0 Å². The number of rotatable bonds is 9. The molecule has 9 nitrogen and oxygen atoms in total. The number of aliphatic hydroxyl groups is 1. The number of aromatic hydroxyl groups is 1. The highest BCUT2D eigenvalue weighted by Crippen LogP contribution is 2.46. The number of benzene rings is 3. The van der Waals surface area contributed by atoms with E-state index in [1.807, 2.05) is 6.92 Å². The number of phenolic OH excluding ortho intramolecular Hbond substituents is 1. The molecule has 0 aliphatic carbocycles. The van der Waals surface area contributed by atoms with Crippen LogP contribution in [0.1, 0.15) is 31.0 Å². The number of carbonyl (C=O) groups excluding carboxylic acids is 2. The number of methoxy groups -OCH3 is 2. The fourth-order valence-electron chi connectivity index (χ4n) is 4.48. The lowest BCUT2D eigenvalue weighted by molar-refractivity contribution is -0.132. The number of carbonyl (C=O) groups is 2. The fraction of sp³-hybridized carbons (Fsp3) is 0.241. The second-order valence-electron chi connectivity index (χ2n) is 8.29. The van der Waals surface area contributed by atoms with Crippen molar-refractivity contribution < 1.29 is 38.7 Å². The Kier molecular flexibility index (Phi) is 7.76. The molecule has 1 unspecified atom stereocenters. The molecule has 4 rings (SSSR count). The van der Waals surface area contributed by atoms with Gasteiger partial charge < -0.3 is 29.2 Å². The first-order chi connectivity index (χ1) is 18.4. The Balaban J connectivity index is 1.98. The normalized spacial score (nSPS) is 16.4. The molecular weight excluding hydrogens is 490 g/mol. The summed E-state index contributed by atoms with van der Waals surface area (Å²) in [6.45, 7) is 4.39. The zero-order valence-electron chi connectivity index (χ0n) is 21.6. The van der Waals surface area contributed by atoms with E-state index in [0.29, 0.717) is 23.6 Å². The van der Waals surface area contributed by atoms with Gasteiger partial charge in [-0.05, 0) is 67.9 Å². The lowest BCUT2D eigenvalue weighted by Crippen LogP contribution is -2.29. The van der Waals surface area contributed by atoms with E-state index < -0.39 is 23.5 Å². The second-order valence-corrected chi connectivity index (χ2v) is 8.29. The largest absolute Gasteiger partial charge is 0.506 e. The molecule has 3 aromatic carbocycles. The third-order valence-electron chi connectivity index (χ3n) is 6.13. The average Bonchev–Trinajstić information content (AvgIpc) is 3.19. The molecule has 2 N–H and O–H groups in total. The van der Waals surface area contributed by atoms with Crippen molar-refractivity contribution in [1.82, 2.24) is 0 Å². The number of ether oxygens (including phenoxy) is 4. The van der Waals surface area contributed by atoms with E-state index in [-0.39, 0.29) is 40.7 Å². The van der Waals surface area contributed by atoms with Gasteiger partial charge in [-0.2, -0.15) is 0 Å². The first-order valence-electron chi connectivity index (χ1n) is 12.1. The maximum atomic E-state index is 13.5. The average molecular weight is 520 g/mol. The van der Waals surface area contributed by atoms with Crippen LogP contribution in [0.15, 0.2) is 66.2 Å². The summed E-state index contributed by atoms with van der Waals surface area (Å²) in [6, 6.07) is 15.1. The van der Waals surface area contributed by atoms with Crippen LogP contribution in [0, 0.1) is 0 Å². The van der Waals surface area contributed by atoms with E-state index >= 15 is 0 Å². The number of hydrogen-bond acceptors (Lipinski definition) is 8. The second kappa shape index (κ2) is 11.2. The maximum Gasteiger partial charge on any atom is 0.300 e. The lowest BCUT2D eigenvalue weighted by atomic mass is 9.94. The molecule has 1 fully saturated rings. The summed E-state index contributed by atoms with van der Waals surface area (Å²) in [5, 5.41) is 21.9. The molecule has 1 saturated heterocycles. The first-order valence-corrected chi connectivity index (χ1v) is 12.1.